The van der Waals surface area contributed by atoms with E-state index in [4.69, 9.17) is 23.2 Å². The summed E-state index contributed by atoms with van der Waals surface area (Å²) < 4.78 is 0. The summed E-state index contributed by atoms with van der Waals surface area (Å²) in [5.74, 6) is 0.670. The molecule has 0 heterocycles. The maximum absolute atomic E-state index is 11.4. The van der Waals surface area contributed by atoms with Gasteiger partial charge in [0.15, 0.2) is 0 Å². The summed E-state index contributed by atoms with van der Waals surface area (Å²) in [5.41, 5.74) is 2.16. The lowest BCUT2D eigenvalue weighted by atomic mass is 9.93. The van der Waals surface area contributed by atoms with E-state index in [-0.39, 0.29) is 11.7 Å². The van der Waals surface area contributed by atoms with Crippen molar-refractivity contribution in [2.24, 2.45) is 5.92 Å². The predicted molar refractivity (Wildman–Crippen MR) is 69.4 cm³/mol. The van der Waals surface area contributed by atoms with Crippen molar-refractivity contribution in [3.8, 4) is 0 Å². The molecule has 0 saturated carbocycles. The molecule has 1 aromatic rings. The smallest absolute Gasteiger partial charge is 0.133 e. The molecule has 0 bridgehead atoms. The number of hydrogen-bond acceptors (Lipinski definition) is 1. The van der Waals surface area contributed by atoms with Gasteiger partial charge in [-0.25, -0.2) is 0 Å². The van der Waals surface area contributed by atoms with E-state index < -0.39 is 0 Å². The standard InChI is InChI=1S/C13H16Cl2O/c1-9-3-4-12(13(15)7-9)8-11(5-6-14)10(2)16/h3-4,7,11H,5-6,8H2,1-2H3. The molecule has 0 aromatic heterocycles. The number of carbonyl (C=O) groups is 1. The largest absolute Gasteiger partial charge is 0.300 e. The van der Waals surface area contributed by atoms with Gasteiger partial charge in [0.2, 0.25) is 0 Å². The molecular weight excluding hydrogens is 243 g/mol. The molecule has 1 unspecified atom stereocenters. The van der Waals surface area contributed by atoms with Gasteiger partial charge in [-0.1, -0.05) is 23.7 Å². The first-order valence-electron chi connectivity index (χ1n) is 5.36. The van der Waals surface area contributed by atoms with Crippen LogP contribution in [0.2, 0.25) is 5.02 Å². The lowest BCUT2D eigenvalue weighted by molar-refractivity contribution is -0.120. The first-order chi connectivity index (χ1) is 7.54. The van der Waals surface area contributed by atoms with Gasteiger partial charge in [0.25, 0.3) is 0 Å². The Balaban J connectivity index is 2.81. The Morgan fingerprint density at radius 2 is 2.12 bits per heavy atom. The highest BCUT2D eigenvalue weighted by atomic mass is 35.5. The van der Waals surface area contributed by atoms with Crippen molar-refractivity contribution in [3.05, 3.63) is 34.3 Å². The van der Waals surface area contributed by atoms with Crippen molar-refractivity contribution in [2.45, 2.75) is 26.7 Å². The summed E-state index contributed by atoms with van der Waals surface area (Å²) in [6.07, 6.45) is 1.39. The van der Waals surface area contributed by atoms with E-state index in [1.807, 2.05) is 25.1 Å². The van der Waals surface area contributed by atoms with E-state index in [2.05, 4.69) is 0 Å². The molecule has 0 radical (unpaired) electrons. The van der Waals surface area contributed by atoms with Gasteiger partial charge in [-0.2, -0.15) is 0 Å². The van der Waals surface area contributed by atoms with Crippen LogP contribution < -0.4 is 0 Å². The van der Waals surface area contributed by atoms with Gasteiger partial charge in [0.05, 0.1) is 0 Å². The number of aryl methyl sites for hydroxylation is 1. The van der Waals surface area contributed by atoms with Crippen LogP contribution in [0.3, 0.4) is 0 Å². The Morgan fingerprint density at radius 3 is 2.62 bits per heavy atom. The van der Waals surface area contributed by atoms with Crippen LogP contribution in [0.25, 0.3) is 0 Å². The van der Waals surface area contributed by atoms with Crippen LogP contribution in [0.15, 0.2) is 18.2 Å². The van der Waals surface area contributed by atoms with Crippen molar-refractivity contribution in [1.29, 1.82) is 0 Å². The first-order valence-corrected chi connectivity index (χ1v) is 6.27. The van der Waals surface area contributed by atoms with Gasteiger partial charge in [-0.15, -0.1) is 11.6 Å². The number of halogens is 2. The third-order valence-electron chi connectivity index (χ3n) is 2.71. The van der Waals surface area contributed by atoms with Crippen LogP contribution in [0.5, 0.6) is 0 Å². The van der Waals surface area contributed by atoms with Crippen LogP contribution in [0, 0.1) is 12.8 Å². The molecule has 0 saturated heterocycles. The second kappa shape index (κ2) is 6.27. The van der Waals surface area contributed by atoms with Gasteiger partial charge in [-0.3, -0.25) is 4.79 Å². The lowest BCUT2D eigenvalue weighted by Gasteiger charge is -2.13. The fourth-order valence-electron chi connectivity index (χ4n) is 1.66. The van der Waals surface area contributed by atoms with Crippen LogP contribution in [-0.2, 0) is 11.2 Å². The molecule has 88 valence electrons. The summed E-state index contributed by atoms with van der Waals surface area (Å²) >= 11 is 11.8. The van der Waals surface area contributed by atoms with E-state index in [9.17, 15) is 4.79 Å². The topological polar surface area (TPSA) is 17.1 Å². The molecule has 0 amide bonds. The Labute approximate surface area is 107 Å². The Hall–Kier alpha value is -0.530. The average molecular weight is 259 g/mol. The molecule has 0 N–H and O–H groups in total. The molecule has 1 rings (SSSR count). The number of ketones is 1. The minimum Gasteiger partial charge on any atom is -0.300 e. The van der Waals surface area contributed by atoms with Crippen LogP contribution in [-0.4, -0.2) is 11.7 Å². The zero-order chi connectivity index (χ0) is 12.1. The van der Waals surface area contributed by atoms with Crippen molar-refractivity contribution in [1.82, 2.24) is 0 Å². The molecule has 1 atom stereocenters. The molecule has 3 heteroatoms. The number of Topliss-reactive ketones (excluding diaryl/α,β-unsaturated/α-hetero) is 1. The quantitative estimate of drug-likeness (QED) is 0.730. The zero-order valence-corrected chi connectivity index (χ0v) is 11.1. The summed E-state index contributed by atoms with van der Waals surface area (Å²) in [7, 11) is 0. The maximum atomic E-state index is 11.4. The summed E-state index contributed by atoms with van der Waals surface area (Å²) in [5, 5.41) is 0.737. The van der Waals surface area contributed by atoms with Gasteiger partial charge >= 0.3 is 0 Å². The SMILES string of the molecule is CC(=O)C(CCCl)Cc1ccc(C)cc1Cl. The molecule has 16 heavy (non-hydrogen) atoms. The van der Waals surface area contributed by atoms with Gasteiger partial charge in [0, 0.05) is 16.8 Å². The minimum absolute atomic E-state index is 0.0160. The molecule has 1 aromatic carbocycles. The van der Waals surface area contributed by atoms with E-state index in [1.54, 1.807) is 6.92 Å². The molecule has 1 nitrogen and oxygen atoms in total. The fourth-order valence-corrected chi connectivity index (χ4v) is 2.24. The van der Waals surface area contributed by atoms with Gasteiger partial charge in [0.1, 0.15) is 5.78 Å². The Bertz CT molecular complexity index is 374. The molecule has 0 spiro atoms. The number of carbonyl (C=O) groups excluding carboxylic acids is 1. The third kappa shape index (κ3) is 3.80. The van der Waals surface area contributed by atoms with E-state index in [1.165, 1.54) is 0 Å². The summed E-state index contributed by atoms with van der Waals surface area (Å²) in [6.45, 7) is 3.61. The zero-order valence-electron chi connectivity index (χ0n) is 9.59. The van der Waals surface area contributed by atoms with Crippen LogP contribution in [0.1, 0.15) is 24.5 Å². The van der Waals surface area contributed by atoms with E-state index in [0.29, 0.717) is 18.7 Å². The highest BCUT2D eigenvalue weighted by Crippen LogP contribution is 2.22. The number of hydrogen-bond donors (Lipinski definition) is 0. The normalized spacial score (nSPS) is 12.5. The van der Waals surface area contributed by atoms with Crippen molar-refractivity contribution < 1.29 is 4.79 Å². The number of benzene rings is 1. The number of rotatable bonds is 5. The molecule has 0 fully saturated rings. The Kier molecular flexibility index (Phi) is 5.30. The van der Waals surface area contributed by atoms with Gasteiger partial charge in [-0.05, 0) is 43.9 Å². The van der Waals surface area contributed by atoms with Crippen molar-refractivity contribution in [2.75, 3.05) is 5.88 Å². The highest BCUT2D eigenvalue weighted by Gasteiger charge is 2.15. The van der Waals surface area contributed by atoms with E-state index >= 15 is 0 Å². The first kappa shape index (κ1) is 13.5. The van der Waals surface area contributed by atoms with Crippen LogP contribution >= 0.6 is 23.2 Å². The summed E-state index contributed by atoms with van der Waals surface area (Å²) in [4.78, 5) is 11.4. The second-order valence-corrected chi connectivity index (χ2v) is 4.87. The lowest BCUT2D eigenvalue weighted by Crippen LogP contribution is -2.14. The molecule has 0 aliphatic carbocycles. The summed E-state index contributed by atoms with van der Waals surface area (Å²) in [6, 6.07) is 5.93. The second-order valence-electron chi connectivity index (χ2n) is 4.08. The average Bonchev–Trinajstić information content (AvgIpc) is 2.20. The molecule has 0 aliphatic heterocycles. The fraction of sp³-hybridized carbons (Fsp3) is 0.462. The monoisotopic (exact) mass is 258 g/mol. The highest BCUT2D eigenvalue weighted by molar-refractivity contribution is 6.31. The van der Waals surface area contributed by atoms with E-state index in [0.717, 1.165) is 16.1 Å². The molecular formula is C13H16Cl2O. The maximum Gasteiger partial charge on any atom is 0.133 e. The van der Waals surface area contributed by atoms with Gasteiger partial charge < -0.3 is 0 Å². The third-order valence-corrected chi connectivity index (χ3v) is 3.28. The predicted octanol–water partition coefficient (Wildman–Crippen LogP) is 4.03. The number of alkyl halides is 1. The van der Waals surface area contributed by atoms with Crippen LogP contribution in [0.4, 0.5) is 0 Å². The Morgan fingerprint density at radius 1 is 1.44 bits per heavy atom. The van der Waals surface area contributed by atoms with Crippen molar-refractivity contribution in [3.63, 3.8) is 0 Å². The molecule has 0 aliphatic rings. The van der Waals surface area contributed by atoms with Crippen molar-refractivity contribution >= 4 is 29.0 Å². The minimum atomic E-state index is -0.0160.